The number of aliphatic imine (C=N–C) groups is 1. The van der Waals surface area contributed by atoms with Crippen LogP contribution in [0, 0.1) is 5.82 Å². The van der Waals surface area contributed by atoms with E-state index in [1.54, 1.807) is 24.9 Å². The third-order valence-electron chi connectivity index (χ3n) is 5.07. The number of hydrogen-bond acceptors (Lipinski definition) is 6. The Morgan fingerprint density at radius 3 is 2.69 bits per heavy atom. The summed E-state index contributed by atoms with van der Waals surface area (Å²) in [5.41, 5.74) is 1.84. The van der Waals surface area contributed by atoms with Crippen LogP contribution < -0.4 is 9.64 Å². The molecule has 29 heavy (non-hydrogen) atoms. The number of fused-ring (bicyclic) bond motifs is 1. The zero-order chi connectivity index (χ0) is 20.6. The second kappa shape index (κ2) is 8.16. The third kappa shape index (κ3) is 4.39. The van der Waals surface area contributed by atoms with E-state index in [4.69, 9.17) is 16.3 Å². The molecule has 0 amide bonds. The van der Waals surface area contributed by atoms with E-state index in [9.17, 15) is 12.8 Å². The Morgan fingerprint density at radius 2 is 2.00 bits per heavy atom. The number of amidine groups is 1. The maximum atomic E-state index is 13.6. The van der Waals surface area contributed by atoms with Crippen LogP contribution in [0.25, 0.3) is 0 Å². The molecule has 154 valence electrons. The molecule has 1 fully saturated rings. The maximum absolute atomic E-state index is 13.6. The number of nitrogens with zero attached hydrogens (tertiary/aromatic N) is 2. The minimum absolute atomic E-state index is 0.00869. The van der Waals surface area contributed by atoms with Gasteiger partial charge in [-0.05, 0) is 42.3 Å². The molecule has 0 bridgehead atoms. The van der Waals surface area contributed by atoms with Crippen molar-refractivity contribution in [3.63, 3.8) is 0 Å². The summed E-state index contributed by atoms with van der Waals surface area (Å²) in [4.78, 5) is 6.59. The first kappa shape index (κ1) is 20.5. The molecule has 2 aromatic rings. The molecule has 5 nitrogen and oxygen atoms in total. The molecular formula is C20H20ClFN2O3S2. The molecule has 0 N–H and O–H groups in total. The normalized spacial score (nSPS) is 22.4. The smallest absolute Gasteiger partial charge is 0.164 e. The highest BCUT2D eigenvalue weighted by Gasteiger charge is 2.47. The Hall–Kier alpha value is -1.77. The minimum atomic E-state index is -3.14. The van der Waals surface area contributed by atoms with Gasteiger partial charge >= 0.3 is 0 Å². The summed E-state index contributed by atoms with van der Waals surface area (Å²) < 4.78 is 43.0. The van der Waals surface area contributed by atoms with E-state index >= 15 is 0 Å². The lowest BCUT2D eigenvalue weighted by molar-refractivity contribution is 0.414. The molecule has 0 aromatic heterocycles. The van der Waals surface area contributed by atoms with Gasteiger partial charge in [0, 0.05) is 11.4 Å². The van der Waals surface area contributed by atoms with Crippen LogP contribution in [0.1, 0.15) is 5.56 Å². The standard InChI is InChI=1S/C20H20ClFN2O3S2/c1-27-15-5-2-13(3-6-15)8-9-28-20-23-18-11-29(25,26)12-19(18)24(20)14-4-7-17(22)16(21)10-14/h2-7,10,18-19H,8-9,11-12H2,1H3/t18-,19+/m1/s1. The van der Waals surface area contributed by atoms with Crippen molar-refractivity contribution in [3.8, 4) is 5.75 Å². The molecule has 0 radical (unpaired) electrons. The summed E-state index contributed by atoms with van der Waals surface area (Å²) >= 11 is 7.54. The van der Waals surface area contributed by atoms with Crippen LogP contribution in [0.2, 0.25) is 5.02 Å². The summed E-state index contributed by atoms with van der Waals surface area (Å²) in [6, 6.07) is 11.8. The topological polar surface area (TPSA) is 59.0 Å². The Balaban J connectivity index is 1.52. The molecule has 0 unspecified atom stereocenters. The first-order chi connectivity index (χ1) is 13.9. The van der Waals surface area contributed by atoms with Gasteiger partial charge in [0.2, 0.25) is 0 Å². The number of hydrogen-bond donors (Lipinski definition) is 0. The SMILES string of the molecule is COc1ccc(CCSC2=N[C@@H]3CS(=O)(=O)C[C@@H]3N2c2ccc(F)c(Cl)c2)cc1. The van der Waals surface area contributed by atoms with Crippen LogP contribution in [-0.2, 0) is 16.3 Å². The minimum Gasteiger partial charge on any atom is -0.497 e. The molecule has 0 saturated carbocycles. The number of ether oxygens (including phenoxy) is 1. The van der Waals surface area contributed by atoms with Crippen molar-refractivity contribution in [3.05, 3.63) is 58.9 Å². The van der Waals surface area contributed by atoms with E-state index in [0.29, 0.717) is 5.69 Å². The van der Waals surface area contributed by atoms with Crippen LogP contribution in [0.15, 0.2) is 47.5 Å². The Labute approximate surface area is 178 Å². The zero-order valence-corrected chi connectivity index (χ0v) is 18.1. The Bertz CT molecular complexity index is 1040. The summed E-state index contributed by atoms with van der Waals surface area (Å²) in [7, 11) is -1.50. The van der Waals surface area contributed by atoms with Crippen molar-refractivity contribution >= 4 is 44.1 Å². The molecule has 4 rings (SSSR count). The molecule has 1 saturated heterocycles. The fraction of sp³-hybridized carbons (Fsp3) is 0.350. The third-order valence-corrected chi connectivity index (χ3v) is 8.03. The monoisotopic (exact) mass is 454 g/mol. The van der Waals surface area contributed by atoms with Gasteiger partial charge < -0.3 is 9.64 Å². The number of halogens is 2. The highest BCUT2D eigenvalue weighted by atomic mass is 35.5. The second-order valence-electron chi connectivity index (χ2n) is 7.04. The van der Waals surface area contributed by atoms with Crippen molar-refractivity contribution in [2.24, 2.45) is 4.99 Å². The van der Waals surface area contributed by atoms with E-state index in [-0.39, 0.29) is 28.6 Å². The first-order valence-corrected chi connectivity index (χ1v) is 12.3. The lowest BCUT2D eigenvalue weighted by Gasteiger charge is -2.26. The maximum Gasteiger partial charge on any atom is 0.164 e. The number of aryl methyl sites for hydroxylation is 1. The van der Waals surface area contributed by atoms with Crippen LogP contribution in [0.5, 0.6) is 5.75 Å². The van der Waals surface area contributed by atoms with Crippen molar-refractivity contribution in [1.29, 1.82) is 0 Å². The van der Waals surface area contributed by atoms with E-state index < -0.39 is 15.7 Å². The van der Waals surface area contributed by atoms with Gasteiger partial charge in [-0.3, -0.25) is 4.99 Å². The average Bonchev–Trinajstić information content (AvgIpc) is 3.15. The van der Waals surface area contributed by atoms with Crippen LogP contribution in [0.3, 0.4) is 0 Å². The summed E-state index contributed by atoms with van der Waals surface area (Å²) in [6.07, 6.45) is 0.833. The largest absolute Gasteiger partial charge is 0.497 e. The summed E-state index contributed by atoms with van der Waals surface area (Å²) in [5.74, 6) is 1.18. The fourth-order valence-corrected chi connectivity index (χ4v) is 6.75. The van der Waals surface area contributed by atoms with Gasteiger partial charge in [0.05, 0.1) is 35.7 Å². The highest BCUT2D eigenvalue weighted by Crippen LogP contribution is 2.36. The van der Waals surface area contributed by atoms with Gasteiger partial charge in [0.15, 0.2) is 15.0 Å². The predicted molar refractivity (Wildman–Crippen MR) is 117 cm³/mol. The van der Waals surface area contributed by atoms with Crippen LogP contribution >= 0.6 is 23.4 Å². The lowest BCUT2D eigenvalue weighted by atomic mass is 10.1. The van der Waals surface area contributed by atoms with Gasteiger partial charge in [0.1, 0.15) is 11.6 Å². The molecule has 2 aliphatic heterocycles. The van der Waals surface area contributed by atoms with Crippen molar-refractivity contribution in [1.82, 2.24) is 0 Å². The average molecular weight is 455 g/mol. The number of thioether (sulfide) groups is 1. The lowest BCUT2D eigenvalue weighted by Crippen LogP contribution is -2.39. The zero-order valence-electron chi connectivity index (χ0n) is 15.7. The predicted octanol–water partition coefficient (Wildman–Crippen LogP) is 3.81. The first-order valence-electron chi connectivity index (χ1n) is 9.14. The van der Waals surface area contributed by atoms with E-state index in [1.165, 1.54) is 17.7 Å². The van der Waals surface area contributed by atoms with Gasteiger partial charge in [-0.1, -0.05) is 35.5 Å². The number of sulfone groups is 1. The molecule has 2 atom stereocenters. The van der Waals surface area contributed by atoms with Gasteiger partial charge in [-0.25, -0.2) is 12.8 Å². The summed E-state index contributed by atoms with van der Waals surface area (Å²) in [6.45, 7) is 0. The van der Waals surface area contributed by atoms with Crippen LogP contribution in [-0.4, -0.2) is 50.0 Å². The molecule has 2 heterocycles. The van der Waals surface area contributed by atoms with Gasteiger partial charge in [-0.15, -0.1) is 0 Å². The summed E-state index contributed by atoms with van der Waals surface area (Å²) in [5, 5.41) is 0.764. The second-order valence-corrected chi connectivity index (χ2v) is 10.7. The molecule has 0 spiro atoms. The van der Waals surface area contributed by atoms with Crippen molar-refractivity contribution < 1.29 is 17.5 Å². The van der Waals surface area contributed by atoms with E-state index in [1.807, 2.05) is 29.2 Å². The molecule has 2 aromatic carbocycles. The quantitative estimate of drug-likeness (QED) is 0.687. The van der Waals surface area contributed by atoms with Crippen LogP contribution in [0.4, 0.5) is 10.1 Å². The van der Waals surface area contributed by atoms with E-state index in [2.05, 4.69) is 4.99 Å². The number of anilines is 1. The molecule has 2 aliphatic rings. The fourth-order valence-electron chi connectivity index (χ4n) is 3.62. The number of rotatable bonds is 5. The highest BCUT2D eigenvalue weighted by molar-refractivity contribution is 8.14. The molecule has 9 heteroatoms. The van der Waals surface area contributed by atoms with E-state index in [0.717, 1.165) is 23.1 Å². The molecule has 0 aliphatic carbocycles. The Morgan fingerprint density at radius 1 is 1.24 bits per heavy atom. The number of methoxy groups -OCH3 is 1. The number of benzene rings is 2. The van der Waals surface area contributed by atoms with Crippen molar-refractivity contribution in [2.75, 3.05) is 29.3 Å². The van der Waals surface area contributed by atoms with Gasteiger partial charge in [-0.2, -0.15) is 0 Å². The van der Waals surface area contributed by atoms with Gasteiger partial charge in [0.25, 0.3) is 0 Å². The Kier molecular flexibility index (Phi) is 5.77. The molecular weight excluding hydrogens is 435 g/mol. The van der Waals surface area contributed by atoms with Crippen molar-refractivity contribution in [2.45, 2.75) is 18.5 Å².